The maximum atomic E-state index is 13.5. The number of aromatic nitrogens is 2. The van der Waals surface area contributed by atoms with Crippen LogP contribution in [0.1, 0.15) is 71.2 Å². The number of aryl methyl sites for hydroxylation is 1. The summed E-state index contributed by atoms with van der Waals surface area (Å²) in [6.07, 6.45) is 3.56. The first kappa shape index (κ1) is 26.1. The highest BCUT2D eigenvalue weighted by molar-refractivity contribution is 8.03. The number of esters is 1. The minimum Gasteiger partial charge on any atom is -0.511 e. The Morgan fingerprint density at radius 3 is 2.17 bits per heavy atom. The Morgan fingerprint density at radius 1 is 1.00 bits per heavy atom. The van der Waals surface area contributed by atoms with Gasteiger partial charge in [-0.2, -0.15) is 0 Å². The number of cyclic esters (lactones) is 1. The van der Waals surface area contributed by atoms with E-state index in [1.807, 2.05) is 54.7 Å². The summed E-state index contributed by atoms with van der Waals surface area (Å²) in [7, 11) is 0. The molecule has 0 fully saturated rings. The van der Waals surface area contributed by atoms with Gasteiger partial charge in [-0.1, -0.05) is 81.4 Å². The van der Waals surface area contributed by atoms with Gasteiger partial charge in [0.2, 0.25) is 0 Å². The van der Waals surface area contributed by atoms with Crippen LogP contribution in [0.25, 0.3) is 0 Å². The van der Waals surface area contributed by atoms with Crippen molar-refractivity contribution in [1.29, 1.82) is 0 Å². The summed E-state index contributed by atoms with van der Waals surface area (Å²) in [5, 5.41) is 11.9. The van der Waals surface area contributed by atoms with E-state index in [0.717, 1.165) is 23.2 Å². The van der Waals surface area contributed by atoms with Crippen molar-refractivity contribution in [2.45, 2.75) is 82.5 Å². The molecule has 2 aromatic carbocycles. The predicted octanol–water partition coefficient (Wildman–Crippen LogP) is 7.27. The molecule has 0 bridgehead atoms. The third-order valence-electron chi connectivity index (χ3n) is 6.51. The van der Waals surface area contributed by atoms with Crippen molar-refractivity contribution in [1.82, 2.24) is 9.55 Å². The Bertz CT molecular complexity index is 1250. The highest BCUT2D eigenvalue weighted by atomic mass is 32.2. The fraction of sp³-hybridized carbons (Fsp3) is 0.400. The van der Waals surface area contributed by atoms with E-state index in [4.69, 9.17) is 9.72 Å². The lowest BCUT2D eigenvalue weighted by Crippen LogP contribution is -2.38. The van der Waals surface area contributed by atoms with Crippen LogP contribution in [-0.2, 0) is 32.5 Å². The highest BCUT2D eigenvalue weighted by Gasteiger charge is 2.44. The number of thioether (sulfide) groups is 1. The van der Waals surface area contributed by atoms with E-state index in [1.165, 1.54) is 11.8 Å². The van der Waals surface area contributed by atoms with Gasteiger partial charge >= 0.3 is 5.97 Å². The van der Waals surface area contributed by atoms with Gasteiger partial charge in [0.15, 0.2) is 5.16 Å². The molecule has 0 aliphatic carbocycles. The van der Waals surface area contributed by atoms with Crippen LogP contribution in [0.3, 0.4) is 0 Å². The van der Waals surface area contributed by atoms with Crippen LogP contribution in [0.15, 0.2) is 82.7 Å². The monoisotopic (exact) mass is 504 g/mol. The normalized spacial score (nSPS) is 18.9. The molecule has 1 aromatic heterocycles. The van der Waals surface area contributed by atoms with Crippen molar-refractivity contribution in [2.24, 2.45) is 0 Å². The molecule has 1 aliphatic heterocycles. The molecule has 1 aliphatic rings. The van der Waals surface area contributed by atoms with Gasteiger partial charge < -0.3 is 14.4 Å². The molecule has 2 heterocycles. The van der Waals surface area contributed by atoms with Crippen molar-refractivity contribution >= 4 is 17.7 Å². The van der Waals surface area contributed by atoms with Gasteiger partial charge in [-0.15, -0.1) is 0 Å². The van der Waals surface area contributed by atoms with E-state index in [2.05, 4.69) is 58.2 Å². The van der Waals surface area contributed by atoms with Gasteiger partial charge in [0, 0.05) is 17.2 Å². The van der Waals surface area contributed by atoms with Gasteiger partial charge in [-0.3, -0.25) is 0 Å². The molecule has 0 amide bonds. The molecular formula is C30H36N2O3S. The molecule has 1 unspecified atom stereocenters. The van der Waals surface area contributed by atoms with Crippen molar-refractivity contribution in [3.05, 3.63) is 94.3 Å². The van der Waals surface area contributed by atoms with Crippen LogP contribution in [0.2, 0.25) is 0 Å². The topological polar surface area (TPSA) is 64.3 Å². The number of ether oxygens (including phenoxy) is 1. The average Bonchev–Trinajstić information content (AvgIpc) is 3.27. The first-order valence-electron chi connectivity index (χ1n) is 12.4. The lowest BCUT2D eigenvalue weighted by molar-refractivity contribution is -0.160. The van der Waals surface area contributed by atoms with Crippen molar-refractivity contribution in [3.8, 4) is 0 Å². The lowest BCUT2D eigenvalue weighted by Gasteiger charge is -2.37. The second-order valence-electron chi connectivity index (χ2n) is 11.5. The first-order valence-corrected chi connectivity index (χ1v) is 13.2. The van der Waals surface area contributed by atoms with E-state index < -0.39 is 11.6 Å². The van der Waals surface area contributed by atoms with Crippen molar-refractivity contribution < 1.29 is 14.6 Å². The molecule has 4 rings (SSSR count). The number of hydrogen-bond donors (Lipinski definition) is 1. The quantitative estimate of drug-likeness (QED) is 0.358. The summed E-state index contributed by atoms with van der Waals surface area (Å²) in [5.41, 5.74) is 1.67. The summed E-state index contributed by atoms with van der Waals surface area (Å²) in [6.45, 7) is 12.6. The van der Waals surface area contributed by atoms with Gasteiger partial charge in [0.25, 0.3) is 0 Å². The van der Waals surface area contributed by atoms with Crippen LogP contribution < -0.4 is 0 Å². The predicted molar refractivity (Wildman–Crippen MR) is 145 cm³/mol. The Labute approximate surface area is 218 Å². The standard InChI is InChI=1S/C30H36N2O3S/c1-28(2,3)24-20-32(29(4,5)6)27(31-24)36-25-23(33)19-30(35-26(25)34,22-15-11-8-12-16-22)18-17-21-13-9-7-10-14-21/h7-16,20,33H,17-19H2,1-6H3. The molecule has 5 nitrogen and oxygen atoms in total. The number of imidazole rings is 1. The van der Waals surface area contributed by atoms with Crippen LogP contribution in [0, 0.1) is 0 Å². The fourth-order valence-corrected chi connectivity index (χ4v) is 5.44. The second kappa shape index (κ2) is 9.81. The smallest absolute Gasteiger partial charge is 0.349 e. The maximum Gasteiger partial charge on any atom is 0.349 e. The lowest BCUT2D eigenvalue weighted by atomic mass is 9.82. The van der Waals surface area contributed by atoms with Crippen molar-refractivity contribution in [3.63, 3.8) is 0 Å². The van der Waals surface area contributed by atoms with Crippen LogP contribution >= 0.6 is 11.8 Å². The fourth-order valence-electron chi connectivity index (χ4n) is 4.38. The number of aliphatic hydroxyl groups is 1. The number of hydrogen-bond acceptors (Lipinski definition) is 5. The zero-order valence-electron chi connectivity index (χ0n) is 22.0. The Morgan fingerprint density at radius 2 is 1.61 bits per heavy atom. The van der Waals surface area contributed by atoms with Gasteiger partial charge in [-0.25, -0.2) is 9.78 Å². The highest BCUT2D eigenvalue weighted by Crippen LogP contribution is 2.45. The molecule has 190 valence electrons. The van der Waals surface area contributed by atoms with Crippen LogP contribution in [-0.4, -0.2) is 20.6 Å². The van der Waals surface area contributed by atoms with Gasteiger partial charge in [-0.05, 0) is 56.5 Å². The molecule has 0 radical (unpaired) electrons. The number of rotatable bonds is 6. The molecular weight excluding hydrogens is 468 g/mol. The Hall–Kier alpha value is -2.99. The third-order valence-corrected chi connectivity index (χ3v) is 7.58. The van der Waals surface area contributed by atoms with E-state index in [1.54, 1.807) is 0 Å². The number of nitrogens with zero attached hydrogens (tertiary/aromatic N) is 2. The summed E-state index contributed by atoms with van der Waals surface area (Å²) in [4.78, 5) is 18.5. The minimum absolute atomic E-state index is 0.0499. The number of carbonyl (C=O) groups is 1. The molecule has 1 atom stereocenters. The molecule has 6 heteroatoms. The third kappa shape index (κ3) is 5.54. The minimum atomic E-state index is -0.932. The Balaban J connectivity index is 1.69. The van der Waals surface area contributed by atoms with Crippen LogP contribution in [0.4, 0.5) is 0 Å². The molecule has 1 N–H and O–H groups in total. The van der Waals surface area contributed by atoms with E-state index in [9.17, 15) is 9.90 Å². The second-order valence-corrected chi connectivity index (χ2v) is 12.5. The van der Waals surface area contributed by atoms with Crippen LogP contribution in [0.5, 0.6) is 0 Å². The van der Waals surface area contributed by atoms with E-state index >= 15 is 0 Å². The SMILES string of the molecule is CC(C)(C)c1cn(C(C)(C)C)c(SC2=C(O)CC(CCc3ccccc3)(c3ccccc3)OC2=O)n1. The number of aliphatic hydroxyl groups excluding tert-OH is 1. The zero-order chi connectivity index (χ0) is 26.1. The summed E-state index contributed by atoms with van der Waals surface area (Å²) >= 11 is 1.19. The zero-order valence-corrected chi connectivity index (χ0v) is 22.9. The molecule has 0 spiro atoms. The Kier molecular flexibility index (Phi) is 7.11. The molecule has 36 heavy (non-hydrogen) atoms. The first-order chi connectivity index (χ1) is 16.9. The molecule has 0 saturated carbocycles. The molecule has 0 saturated heterocycles. The number of carbonyl (C=O) groups excluding carboxylic acids is 1. The van der Waals surface area contributed by atoms with E-state index in [-0.39, 0.29) is 28.0 Å². The van der Waals surface area contributed by atoms with Gasteiger partial charge in [0.1, 0.15) is 16.3 Å². The average molecular weight is 505 g/mol. The summed E-state index contributed by atoms with van der Waals surface area (Å²) < 4.78 is 8.29. The molecule has 3 aromatic rings. The summed E-state index contributed by atoms with van der Waals surface area (Å²) in [6, 6.07) is 19.9. The van der Waals surface area contributed by atoms with Crippen molar-refractivity contribution in [2.75, 3.05) is 0 Å². The largest absolute Gasteiger partial charge is 0.511 e. The summed E-state index contributed by atoms with van der Waals surface area (Å²) in [5.74, 6) is -0.463. The maximum absolute atomic E-state index is 13.5. The van der Waals surface area contributed by atoms with E-state index in [0.29, 0.717) is 11.6 Å². The van der Waals surface area contributed by atoms with Gasteiger partial charge in [0.05, 0.1) is 12.1 Å². The number of benzene rings is 2.